The number of benzene rings is 1. The molecular formula is C30H32N6O5. The maximum Gasteiger partial charge on any atom is 0.307 e. The van der Waals surface area contributed by atoms with E-state index in [1.54, 1.807) is 25.4 Å². The van der Waals surface area contributed by atoms with Gasteiger partial charge in [0.05, 0.1) is 24.5 Å². The Morgan fingerprint density at radius 3 is 2.71 bits per heavy atom. The molecular weight excluding hydrogens is 524 g/mol. The first-order valence-electron chi connectivity index (χ1n) is 13.3. The number of nitro groups is 1. The molecule has 0 saturated carbocycles. The molecule has 1 amide bonds. The summed E-state index contributed by atoms with van der Waals surface area (Å²) in [6, 6.07) is 9.17. The number of nitrogens with one attached hydrogen (secondary N) is 2. The number of pyridine rings is 1. The maximum absolute atomic E-state index is 13.9. The minimum absolute atomic E-state index is 0.0385. The van der Waals surface area contributed by atoms with Crippen LogP contribution in [0, 0.1) is 28.4 Å². The monoisotopic (exact) mass is 556 g/mol. The zero-order valence-corrected chi connectivity index (χ0v) is 23.6. The van der Waals surface area contributed by atoms with Gasteiger partial charge in [0.15, 0.2) is 0 Å². The average molecular weight is 557 g/mol. The van der Waals surface area contributed by atoms with Gasteiger partial charge in [-0.15, -0.1) is 0 Å². The van der Waals surface area contributed by atoms with Crippen molar-refractivity contribution in [3.05, 3.63) is 98.8 Å². The number of anilines is 1. The predicted octanol–water partition coefficient (Wildman–Crippen LogP) is 4.65. The lowest BCUT2D eigenvalue weighted by Gasteiger charge is -2.41. The number of methoxy groups -OCH3 is 1. The number of aryl methyl sites for hydroxylation is 1. The fourth-order valence-electron chi connectivity index (χ4n) is 5.74. The molecule has 0 fully saturated rings. The maximum atomic E-state index is 13.9. The summed E-state index contributed by atoms with van der Waals surface area (Å²) in [5.74, 6) is -0.519. The van der Waals surface area contributed by atoms with Gasteiger partial charge in [-0.25, -0.2) is 4.98 Å². The normalized spacial score (nSPS) is 19.6. The molecule has 1 aliphatic heterocycles. The van der Waals surface area contributed by atoms with E-state index in [4.69, 9.17) is 4.74 Å². The third-order valence-electron chi connectivity index (χ3n) is 7.47. The molecule has 11 nitrogen and oxygen atoms in total. The molecule has 1 aromatic carbocycles. The second-order valence-electron chi connectivity index (χ2n) is 11.2. The summed E-state index contributed by atoms with van der Waals surface area (Å²) in [6.07, 6.45) is 6.59. The van der Waals surface area contributed by atoms with Gasteiger partial charge in [-0.1, -0.05) is 26.0 Å². The quantitative estimate of drug-likeness (QED) is 0.316. The van der Waals surface area contributed by atoms with Crippen LogP contribution in [0.1, 0.15) is 49.8 Å². The summed E-state index contributed by atoms with van der Waals surface area (Å²) >= 11 is 0. The standard InChI is InChI=1S/C30H32N6O5/c1-17-8-9-31-25(10-17)34-29(38)26-18(2)33-22-12-30(3,4)13-23(37)28(22)27(26)19-6-7-24(41-5)20(11-19)15-35-16-21(14-32-35)36(39)40/h6-12,14,16,27-28,33H,13,15H2,1-5H3,(H,31,34,38). The lowest BCUT2D eigenvalue weighted by Crippen LogP contribution is -2.44. The molecule has 0 radical (unpaired) electrons. The predicted molar refractivity (Wildman–Crippen MR) is 152 cm³/mol. The van der Waals surface area contributed by atoms with Crippen LogP contribution in [0.3, 0.4) is 0 Å². The Kier molecular flexibility index (Phi) is 7.20. The van der Waals surface area contributed by atoms with Gasteiger partial charge in [-0.05, 0) is 54.7 Å². The number of aromatic nitrogens is 3. The molecule has 5 rings (SSSR count). The Bertz CT molecular complexity index is 1620. The van der Waals surface area contributed by atoms with Crippen molar-refractivity contribution in [2.45, 2.75) is 46.6 Å². The first-order chi connectivity index (χ1) is 19.5. The van der Waals surface area contributed by atoms with Gasteiger partial charge in [-0.2, -0.15) is 5.10 Å². The highest BCUT2D eigenvalue weighted by molar-refractivity contribution is 6.06. The van der Waals surface area contributed by atoms with Crippen LogP contribution in [0.5, 0.6) is 5.75 Å². The molecule has 2 aromatic heterocycles. The van der Waals surface area contributed by atoms with E-state index in [1.807, 2.05) is 45.9 Å². The van der Waals surface area contributed by atoms with Crippen LogP contribution < -0.4 is 15.4 Å². The molecule has 2 N–H and O–H groups in total. The highest BCUT2D eigenvalue weighted by Gasteiger charge is 2.46. The molecule has 3 heterocycles. The highest BCUT2D eigenvalue weighted by atomic mass is 16.6. The average Bonchev–Trinajstić information content (AvgIpc) is 3.36. The number of rotatable bonds is 7. The number of carbonyl (C=O) groups excluding carboxylic acids is 2. The molecule has 0 saturated heterocycles. The largest absolute Gasteiger partial charge is 0.496 e. The van der Waals surface area contributed by atoms with Crippen molar-refractivity contribution in [1.29, 1.82) is 0 Å². The van der Waals surface area contributed by atoms with E-state index in [1.165, 1.54) is 17.1 Å². The van der Waals surface area contributed by atoms with Crippen LogP contribution in [0.25, 0.3) is 0 Å². The number of hydrogen-bond donors (Lipinski definition) is 2. The van der Waals surface area contributed by atoms with Crippen molar-refractivity contribution in [2.75, 3.05) is 12.4 Å². The van der Waals surface area contributed by atoms with Crippen molar-refractivity contribution in [1.82, 2.24) is 20.1 Å². The minimum atomic E-state index is -0.593. The highest BCUT2D eigenvalue weighted by Crippen LogP contribution is 2.47. The van der Waals surface area contributed by atoms with Crippen molar-refractivity contribution in [2.24, 2.45) is 11.3 Å². The van der Waals surface area contributed by atoms with Gasteiger partial charge in [0.1, 0.15) is 29.7 Å². The number of amides is 1. The van der Waals surface area contributed by atoms with Crippen LogP contribution in [0.2, 0.25) is 0 Å². The van der Waals surface area contributed by atoms with E-state index in [2.05, 4.69) is 26.8 Å². The van der Waals surface area contributed by atoms with Crippen LogP contribution in [0.15, 0.2) is 72.0 Å². The number of ether oxygens (including phenoxy) is 1. The number of carbonyl (C=O) groups is 2. The number of fused-ring (bicyclic) bond motifs is 1. The first kappa shape index (κ1) is 27.8. The minimum Gasteiger partial charge on any atom is -0.496 e. The molecule has 2 atom stereocenters. The zero-order valence-electron chi connectivity index (χ0n) is 23.6. The number of hydrogen-bond acceptors (Lipinski definition) is 8. The van der Waals surface area contributed by atoms with Crippen molar-refractivity contribution >= 4 is 23.2 Å². The molecule has 3 aromatic rings. The molecule has 212 valence electrons. The summed E-state index contributed by atoms with van der Waals surface area (Å²) in [7, 11) is 1.54. The molecule has 11 heteroatoms. The van der Waals surface area contributed by atoms with E-state index >= 15 is 0 Å². The SMILES string of the molecule is COc1ccc(C2C(C(=O)Nc3cc(C)ccn3)=C(C)NC3=CC(C)(C)CC(=O)C32)cc1Cn1cc([N+](=O)[O-])cn1. The van der Waals surface area contributed by atoms with Crippen LogP contribution in [0.4, 0.5) is 11.5 Å². The molecule has 2 unspecified atom stereocenters. The summed E-state index contributed by atoms with van der Waals surface area (Å²) < 4.78 is 7.05. The van der Waals surface area contributed by atoms with E-state index in [9.17, 15) is 19.7 Å². The fourth-order valence-corrected chi connectivity index (χ4v) is 5.74. The van der Waals surface area contributed by atoms with Gasteiger partial charge in [0.25, 0.3) is 5.91 Å². The second-order valence-corrected chi connectivity index (χ2v) is 11.2. The van der Waals surface area contributed by atoms with E-state index < -0.39 is 16.8 Å². The number of ketones is 1. The van der Waals surface area contributed by atoms with Crippen molar-refractivity contribution < 1.29 is 19.2 Å². The Labute approximate surface area is 237 Å². The molecule has 0 spiro atoms. The van der Waals surface area contributed by atoms with Crippen LogP contribution >= 0.6 is 0 Å². The Balaban J connectivity index is 1.61. The molecule has 0 bridgehead atoms. The van der Waals surface area contributed by atoms with Gasteiger partial charge >= 0.3 is 5.69 Å². The van der Waals surface area contributed by atoms with Gasteiger partial charge in [0.2, 0.25) is 0 Å². The van der Waals surface area contributed by atoms with Gasteiger partial charge in [-0.3, -0.25) is 24.4 Å². The summed E-state index contributed by atoms with van der Waals surface area (Å²) in [6.45, 7) is 7.98. The first-order valence-corrected chi connectivity index (χ1v) is 13.3. The Hall–Kier alpha value is -4.80. The molecule has 41 heavy (non-hydrogen) atoms. The summed E-state index contributed by atoms with van der Waals surface area (Å²) in [5.41, 5.74) is 3.81. The van der Waals surface area contributed by atoms with Gasteiger partial charge < -0.3 is 15.4 Å². The van der Waals surface area contributed by atoms with Gasteiger partial charge in [0, 0.05) is 41.1 Å². The Morgan fingerprint density at radius 1 is 1.24 bits per heavy atom. The summed E-state index contributed by atoms with van der Waals surface area (Å²) in [4.78, 5) is 42.5. The van der Waals surface area contributed by atoms with Crippen LogP contribution in [-0.4, -0.2) is 38.5 Å². The zero-order chi connectivity index (χ0) is 29.5. The van der Waals surface area contributed by atoms with E-state index in [-0.39, 0.29) is 29.3 Å². The van der Waals surface area contributed by atoms with E-state index in [0.717, 1.165) is 16.8 Å². The molecule has 2 aliphatic rings. The lowest BCUT2D eigenvalue weighted by atomic mass is 9.66. The third kappa shape index (κ3) is 5.60. The van der Waals surface area contributed by atoms with Crippen molar-refractivity contribution in [3.8, 4) is 5.75 Å². The second kappa shape index (κ2) is 10.6. The lowest BCUT2D eigenvalue weighted by molar-refractivity contribution is -0.385. The molecule has 1 aliphatic carbocycles. The number of nitrogens with zero attached hydrogens (tertiary/aromatic N) is 4. The van der Waals surface area contributed by atoms with Crippen molar-refractivity contribution in [3.63, 3.8) is 0 Å². The number of allylic oxidation sites excluding steroid dienone is 3. The third-order valence-corrected chi connectivity index (χ3v) is 7.47. The smallest absolute Gasteiger partial charge is 0.307 e. The fraction of sp³-hybridized carbons (Fsp3) is 0.333. The van der Waals surface area contributed by atoms with E-state index in [0.29, 0.717) is 34.8 Å². The summed E-state index contributed by atoms with van der Waals surface area (Å²) in [5, 5.41) is 21.6. The van der Waals surface area contributed by atoms with Crippen LogP contribution in [-0.2, 0) is 16.1 Å². The number of Topliss-reactive ketones (excluding diaryl/α,β-unsaturated/α-hetero) is 1. The Morgan fingerprint density at radius 2 is 2.02 bits per heavy atom. The topological polar surface area (TPSA) is 141 Å².